The molecule has 0 unspecified atom stereocenters. The molecule has 0 spiro atoms. The van der Waals surface area contributed by atoms with Crippen LogP contribution in [0.2, 0.25) is 0 Å². The maximum absolute atomic E-state index is 11.5. The van der Waals surface area contributed by atoms with E-state index in [1.54, 1.807) is 16.9 Å². The molecule has 0 aliphatic carbocycles. The number of nitrogens with zero attached hydrogens (tertiary/aromatic N) is 2. The van der Waals surface area contributed by atoms with Gasteiger partial charge in [-0.3, -0.25) is 4.79 Å². The molecule has 1 rings (SSSR count). The van der Waals surface area contributed by atoms with Gasteiger partial charge in [-0.15, -0.1) is 0 Å². The molecular weight excluding hydrogens is 224 g/mol. The number of rotatable bonds is 6. The minimum atomic E-state index is -0.0131. The number of aromatic nitrogens is 2. The second-order valence-corrected chi connectivity index (χ2v) is 4.75. The molecule has 0 aliphatic rings. The fraction of sp³-hybridized carbons (Fsp3) is 0.600. The molecule has 1 heterocycles. The first kappa shape index (κ1) is 13.1. The van der Waals surface area contributed by atoms with Crippen molar-refractivity contribution in [1.29, 1.82) is 0 Å². The Labute approximate surface area is 99.8 Å². The summed E-state index contributed by atoms with van der Waals surface area (Å²) in [6.45, 7) is 4.64. The highest BCUT2D eigenvalue weighted by Gasteiger charge is 2.08. The Morgan fingerprint density at radius 2 is 2.44 bits per heavy atom. The molecule has 0 aromatic carbocycles. The fourth-order valence-corrected chi connectivity index (χ4v) is 1.82. The predicted octanol–water partition coefficient (Wildman–Crippen LogP) is 1.09. The van der Waals surface area contributed by atoms with Crippen LogP contribution in [0.15, 0.2) is 12.3 Å². The molecule has 0 radical (unpaired) electrons. The summed E-state index contributed by atoms with van der Waals surface area (Å²) >= 11 is 1.53. The highest BCUT2D eigenvalue weighted by Crippen LogP contribution is 2.13. The molecule has 1 aromatic heterocycles. The molecule has 0 bridgehead atoms. The van der Waals surface area contributed by atoms with E-state index >= 15 is 0 Å². The number of carbonyl (C=O) groups excluding carboxylic acids is 1. The summed E-state index contributed by atoms with van der Waals surface area (Å²) in [6.07, 6.45) is 1.68. The summed E-state index contributed by atoms with van der Waals surface area (Å²) in [6, 6.07) is 2.04. The highest BCUT2D eigenvalue weighted by molar-refractivity contribution is 7.99. The maximum atomic E-state index is 11.5. The number of thioether (sulfide) groups is 1. The van der Waals surface area contributed by atoms with Crippen LogP contribution in [0.3, 0.4) is 0 Å². The van der Waals surface area contributed by atoms with E-state index in [1.165, 1.54) is 11.8 Å². The molecule has 0 saturated carbocycles. The Bertz CT molecular complexity index is 337. The summed E-state index contributed by atoms with van der Waals surface area (Å²) in [5.41, 5.74) is 5.35. The van der Waals surface area contributed by atoms with E-state index < -0.39 is 0 Å². The molecule has 0 saturated heterocycles. The smallest absolute Gasteiger partial charge is 0.235 e. The van der Waals surface area contributed by atoms with Crippen molar-refractivity contribution in [3.8, 4) is 0 Å². The van der Waals surface area contributed by atoms with E-state index in [9.17, 15) is 4.79 Å². The second-order valence-electron chi connectivity index (χ2n) is 3.64. The number of hydrogen-bond donors (Lipinski definition) is 2. The van der Waals surface area contributed by atoms with Crippen LogP contribution < -0.4 is 11.1 Å². The lowest BCUT2D eigenvalue weighted by molar-refractivity contribution is -0.113. The zero-order valence-corrected chi connectivity index (χ0v) is 10.5. The third-order valence-corrected chi connectivity index (χ3v) is 2.91. The van der Waals surface area contributed by atoms with Gasteiger partial charge in [0.05, 0.1) is 11.9 Å². The minimum Gasteiger partial charge on any atom is -0.330 e. The van der Waals surface area contributed by atoms with Crippen LogP contribution in [0.1, 0.15) is 19.9 Å². The zero-order chi connectivity index (χ0) is 12.0. The van der Waals surface area contributed by atoms with E-state index in [1.807, 2.05) is 13.8 Å². The summed E-state index contributed by atoms with van der Waals surface area (Å²) in [5, 5.41) is 6.97. The lowest BCUT2D eigenvalue weighted by Gasteiger charge is -2.11. The van der Waals surface area contributed by atoms with Crippen LogP contribution in [0.25, 0.3) is 0 Å². The third-order valence-electron chi connectivity index (χ3n) is 1.92. The van der Waals surface area contributed by atoms with Crippen molar-refractivity contribution in [3.05, 3.63) is 12.3 Å². The summed E-state index contributed by atoms with van der Waals surface area (Å²) in [5.74, 6) is 1.96. The molecular formula is C10H18N4OS. The van der Waals surface area contributed by atoms with Gasteiger partial charge in [0.25, 0.3) is 0 Å². The normalized spacial score (nSPS) is 10.8. The zero-order valence-electron chi connectivity index (χ0n) is 9.64. The van der Waals surface area contributed by atoms with E-state index in [0.717, 1.165) is 11.6 Å². The van der Waals surface area contributed by atoms with Crippen LogP contribution in [-0.4, -0.2) is 33.7 Å². The van der Waals surface area contributed by atoms with Crippen LogP contribution in [0.4, 0.5) is 5.82 Å². The van der Waals surface area contributed by atoms with Crippen LogP contribution in [0, 0.1) is 0 Å². The lowest BCUT2D eigenvalue weighted by Crippen LogP contribution is -2.19. The minimum absolute atomic E-state index is 0.0131. The van der Waals surface area contributed by atoms with Gasteiger partial charge in [0.2, 0.25) is 5.91 Å². The van der Waals surface area contributed by atoms with Crippen molar-refractivity contribution >= 4 is 23.5 Å². The summed E-state index contributed by atoms with van der Waals surface area (Å²) in [4.78, 5) is 11.5. The van der Waals surface area contributed by atoms with E-state index in [4.69, 9.17) is 5.73 Å². The third kappa shape index (κ3) is 3.86. The Balaban J connectivity index is 2.46. The van der Waals surface area contributed by atoms with Crippen molar-refractivity contribution in [3.63, 3.8) is 0 Å². The number of anilines is 1. The van der Waals surface area contributed by atoms with Crippen molar-refractivity contribution in [1.82, 2.24) is 9.78 Å². The van der Waals surface area contributed by atoms with E-state index in [0.29, 0.717) is 12.3 Å². The van der Waals surface area contributed by atoms with Gasteiger partial charge in [0.1, 0.15) is 5.82 Å². The van der Waals surface area contributed by atoms with Crippen LogP contribution >= 0.6 is 11.8 Å². The average molecular weight is 242 g/mol. The molecule has 1 amide bonds. The van der Waals surface area contributed by atoms with Gasteiger partial charge < -0.3 is 11.1 Å². The largest absolute Gasteiger partial charge is 0.330 e. The summed E-state index contributed by atoms with van der Waals surface area (Å²) in [7, 11) is 0. The predicted molar refractivity (Wildman–Crippen MR) is 67.6 cm³/mol. The maximum Gasteiger partial charge on any atom is 0.235 e. The molecule has 0 aliphatic heterocycles. The molecule has 5 nitrogen and oxygen atoms in total. The number of hydrogen-bond acceptors (Lipinski definition) is 4. The average Bonchev–Trinajstić information content (AvgIpc) is 2.66. The highest BCUT2D eigenvalue weighted by atomic mass is 32.2. The van der Waals surface area contributed by atoms with Gasteiger partial charge in [-0.2, -0.15) is 16.9 Å². The second kappa shape index (κ2) is 6.55. The molecule has 1 aromatic rings. The van der Waals surface area contributed by atoms with Gasteiger partial charge in [-0.1, -0.05) is 0 Å². The van der Waals surface area contributed by atoms with E-state index in [-0.39, 0.29) is 11.9 Å². The molecule has 0 atom stereocenters. The van der Waals surface area contributed by atoms with Crippen molar-refractivity contribution in [2.24, 2.45) is 5.73 Å². The van der Waals surface area contributed by atoms with Gasteiger partial charge in [-0.05, 0) is 13.8 Å². The first-order valence-corrected chi connectivity index (χ1v) is 6.41. The monoisotopic (exact) mass is 242 g/mol. The molecule has 6 heteroatoms. The van der Waals surface area contributed by atoms with Crippen LogP contribution in [0.5, 0.6) is 0 Å². The number of nitrogens with two attached hydrogens (primary N) is 1. The molecule has 3 N–H and O–H groups in total. The quantitative estimate of drug-likeness (QED) is 0.733. The summed E-state index contributed by atoms with van der Waals surface area (Å²) < 4.78 is 1.78. The van der Waals surface area contributed by atoms with Crippen LogP contribution in [-0.2, 0) is 4.79 Å². The fourth-order valence-electron chi connectivity index (χ4n) is 1.25. The van der Waals surface area contributed by atoms with Gasteiger partial charge in [-0.25, -0.2) is 4.68 Å². The Morgan fingerprint density at radius 3 is 3.06 bits per heavy atom. The topological polar surface area (TPSA) is 72.9 Å². The SMILES string of the molecule is CC(C)n1nccc1NC(=O)CSCCN. The first-order valence-electron chi connectivity index (χ1n) is 5.26. The first-order chi connectivity index (χ1) is 7.65. The molecule has 90 valence electrons. The molecule has 0 fully saturated rings. The number of amides is 1. The Morgan fingerprint density at radius 1 is 1.69 bits per heavy atom. The van der Waals surface area contributed by atoms with Gasteiger partial charge in [0.15, 0.2) is 0 Å². The Kier molecular flexibility index (Phi) is 5.34. The van der Waals surface area contributed by atoms with Crippen molar-refractivity contribution < 1.29 is 4.79 Å². The van der Waals surface area contributed by atoms with Gasteiger partial charge >= 0.3 is 0 Å². The Hall–Kier alpha value is -1.01. The number of carbonyl (C=O) groups is 1. The lowest BCUT2D eigenvalue weighted by atomic mass is 10.4. The molecule has 16 heavy (non-hydrogen) atoms. The number of nitrogens with one attached hydrogen (secondary N) is 1. The standard InChI is InChI=1S/C10H18N4OS/c1-8(2)14-9(3-5-12-14)13-10(15)7-16-6-4-11/h3,5,8H,4,6-7,11H2,1-2H3,(H,13,15). The van der Waals surface area contributed by atoms with Crippen molar-refractivity contribution in [2.45, 2.75) is 19.9 Å². The van der Waals surface area contributed by atoms with E-state index in [2.05, 4.69) is 10.4 Å². The van der Waals surface area contributed by atoms with Gasteiger partial charge in [0, 0.05) is 24.4 Å². The van der Waals surface area contributed by atoms with Crippen molar-refractivity contribution in [2.75, 3.05) is 23.4 Å².